The van der Waals surface area contributed by atoms with E-state index < -0.39 is 0 Å². The zero-order chi connectivity index (χ0) is 14.0. The van der Waals surface area contributed by atoms with Gasteiger partial charge in [0, 0.05) is 22.3 Å². The second-order valence-corrected chi connectivity index (χ2v) is 6.47. The smallest absolute Gasteiger partial charge is 0.251 e. The molecular weight excluding hydrogens is 260 g/mol. The minimum atomic E-state index is -0.0887. The van der Waals surface area contributed by atoms with Crippen molar-refractivity contribution in [2.24, 2.45) is 5.41 Å². The van der Waals surface area contributed by atoms with E-state index in [1.165, 1.54) is 12.8 Å². The summed E-state index contributed by atoms with van der Waals surface area (Å²) >= 11 is 5.93. The zero-order valence-corrected chi connectivity index (χ0v) is 12.3. The minimum absolute atomic E-state index is 0.0887. The van der Waals surface area contributed by atoms with Crippen LogP contribution in [0.25, 0.3) is 0 Å². The first-order valence-corrected chi connectivity index (χ1v) is 7.13. The van der Waals surface area contributed by atoms with E-state index in [9.17, 15) is 4.79 Å². The number of hydrogen-bond acceptors (Lipinski definition) is 2. The van der Waals surface area contributed by atoms with Gasteiger partial charge in [-0.1, -0.05) is 38.3 Å². The number of amides is 1. The Hall–Kier alpha value is -1.22. The SMILES string of the molecule is CC1(C)CCCCC1NC(=O)c1cc(N)cc(Cl)c1. The normalized spacial score (nSPS) is 21.9. The second-order valence-electron chi connectivity index (χ2n) is 6.03. The van der Waals surface area contributed by atoms with Crippen LogP contribution in [0.4, 0.5) is 5.69 Å². The van der Waals surface area contributed by atoms with Gasteiger partial charge >= 0.3 is 0 Å². The third-order valence-electron chi connectivity index (χ3n) is 3.99. The van der Waals surface area contributed by atoms with Crippen LogP contribution in [0, 0.1) is 5.41 Å². The van der Waals surface area contributed by atoms with Gasteiger partial charge < -0.3 is 11.1 Å². The number of nitrogen functional groups attached to an aromatic ring is 1. The van der Waals surface area contributed by atoms with Crippen LogP contribution in [-0.2, 0) is 0 Å². The highest BCUT2D eigenvalue weighted by molar-refractivity contribution is 6.31. The summed E-state index contributed by atoms with van der Waals surface area (Å²) in [6.45, 7) is 4.42. The van der Waals surface area contributed by atoms with E-state index in [-0.39, 0.29) is 17.4 Å². The van der Waals surface area contributed by atoms with E-state index in [2.05, 4.69) is 19.2 Å². The van der Waals surface area contributed by atoms with Gasteiger partial charge in [0.15, 0.2) is 0 Å². The van der Waals surface area contributed by atoms with Crippen molar-refractivity contribution in [3.63, 3.8) is 0 Å². The molecule has 1 amide bonds. The largest absolute Gasteiger partial charge is 0.399 e. The van der Waals surface area contributed by atoms with Crippen LogP contribution in [0.15, 0.2) is 18.2 Å². The van der Waals surface area contributed by atoms with Crippen molar-refractivity contribution in [1.82, 2.24) is 5.32 Å². The van der Waals surface area contributed by atoms with Gasteiger partial charge in [0.1, 0.15) is 0 Å². The Bertz CT molecular complexity index is 465. The topological polar surface area (TPSA) is 55.1 Å². The summed E-state index contributed by atoms with van der Waals surface area (Å²) in [6, 6.07) is 5.18. The third-order valence-corrected chi connectivity index (χ3v) is 4.21. The van der Waals surface area contributed by atoms with Crippen LogP contribution < -0.4 is 11.1 Å². The molecule has 0 radical (unpaired) electrons. The molecule has 0 heterocycles. The van der Waals surface area contributed by atoms with Crippen molar-refractivity contribution < 1.29 is 4.79 Å². The summed E-state index contributed by atoms with van der Waals surface area (Å²) in [5.41, 5.74) is 6.92. The summed E-state index contributed by atoms with van der Waals surface area (Å²) in [6.07, 6.45) is 4.60. The summed E-state index contributed by atoms with van der Waals surface area (Å²) < 4.78 is 0. The predicted octanol–water partition coefficient (Wildman–Crippen LogP) is 3.62. The van der Waals surface area contributed by atoms with E-state index in [0.717, 1.165) is 12.8 Å². The second kappa shape index (κ2) is 5.41. The van der Waals surface area contributed by atoms with Crippen LogP contribution in [0.3, 0.4) is 0 Å². The van der Waals surface area contributed by atoms with Gasteiger partial charge in [-0.3, -0.25) is 4.79 Å². The van der Waals surface area contributed by atoms with Gasteiger partial charge in [-0.15, -0.1) is 0 Å². The summed E-state index contributed by atoms with van der Waals surface area (Å²) in [5, 5.41) is 3.62. The highest BCUT2D eigenvalue weighted by atomic mass is 35.5. The molecule has 0 bridgehead atoms. The molecule has 1 aromatic carbocycles. The molecule has 19 heavy (non-hydrogen) atoms. The lowest BCUT2D eigenvalue weighted by atomic mass is 9.73. The summed E-state index contributed by atoms with van der Waals surface area (Å²) in [7, 11) is 0. The quantitative estimate of drug-likeness (QED) is 0.813. The van der Waals surface area contributed by atoms with Crippen LogP contribution in [0.1, 0.15) is 49.9 Å². The number of hydrogen-bond donors (Lipinski definition) is 2. The number of anilines is 1. The van der Waals surface area contributed by atoms with Crippen LogP contribution >= 0.6 is 11.6 Å². The lowest BCUT2D eigenvalue weighted by Crippen LogP contribution is -2.46. The Morgan fingerprint density at radius 3 is 2.74 bits per heavy atom. The van der Waals surface area contributed by atoms with Gasteiger partial charge in [0.25, 0.3) is 5.91 Å². The summed E-state index contributed by atoms with van der Waals surface area (Å²) in [5.74, 6) is -0.0887. The maximum Gasteiger partial charge on any atom is 0.251 e. The van der Waals surface area contributed by atoms with E-state index in [1.54, 1.807) is 18.2 Å². The van der Waals surface area contributed by atoms with Gasteiger partial charge in [0.2, 0.25) is 0 Å². The average Bonchev–Trinajstić information content (AvgIpc) is 2.30. The Morgan fingerprint density at radius 2 is 2.11 bits per heavy atom. The molecule has 0 spiro atoms. The first-order chi connectivity index (χ1) is 8.88. The number of nitrogens with one attached hydrogen (secondary N) is 1. The van der Waals surface area contributed by atoms with Crippen molar-refractivity contribution in [3.05, 3.63) is 28.8 Å². The van der Waals surface area contributed by atoms with Crippen LogP contribution in [0.2, 0.25) is 5.02 Å². The van der Waals surface area contributed by atoms with Gasteiger partial charge in [-0.05, 0) is 36.5 Å². The molecular formula is C15H21ClN2O. The molecule has 0 aromatic heterocycles. The predicted molar refractivity (Wildman–Crippen MR) is 79.4 cm³/mol. The average molecular weight is 281 g/mol. The molecule has 3 nitrogen and oxygen atoms in total. The lowest BCUT2D eigenvalue weighted by Gasteiger charge is -2.39. The molecule has 3 N–H and O–H groups in total. The molecule has 4 heteroatoms. The number of rotatable bonds is 2. The van der Waals surface area contributed by atoms with Gasteiger partial charge in [-0.25, -0.2) is 0 Å². The maximum absolute atomic E-state index is 12.3. The van der Waals surface area contributed by atoms with Crippen LogP contribution in [0.5, 0.6) is 0 Å². The highest BCUT2D eigenvalue weighted by Gasteiger charge is 2.33. The maximum atomic E-state index is 12.3. The van der Waals surface area contributed by atoms with Crippen molar-refractivity contribution in [2.45, 2.75) is 45.6 Å². The van der Waals surface area contributed by atoms with Crippen molar-refractivity contribution in [2.75, 3.05) is 5.73 Å². The van der Waals surface area contributed by atoms with Crippen molar-refractivity contribution >= 4 is 23.2 Å². The van der Waals surface area contributed by atoms with E-state index >= 15 is 0 Å². The monoisotopic (exact) mass is 280 g/mol. The summed E-state index contributed by atoms with van der Waals surface area (Å²) in [4.78, 5) is 12.3. The highest BCUT2D eigenvalue weighted by Crippen LogP contribution is 2.35. The Balaban J connectivity index is 2.12. The number of benzene rings is 1. The molecule has 1 unspecified atom stereocenters. The zero-order valence-electron chi connectivity index (χ0n) is 11.5. The lowest BCUT2D eigenvalue weighted by molar-refractivity contribution is 0.0853. The third kappa shape index (κ3) is 3.41. The number of nitrogens with two attached hydrogens (primary N) is 1. The molecule has 0 aliphatic heterocycles. The molecule has 1 atom stereocenters. The van der Waals surface area contributed by atoms with E-state index in [4.69, 9.17) is 17.3 Å². The fourth-order valence-corrected chi connectivity index (χ4v) is 2.99. The number of carbonyl (C=O) groups is 1. The molecule has 1 aromatic rings. The first-order valence-electron chi connectivity index (χ1n) is 6.75. The fraction of sp³-hybridized carbons (Fsp3) is 0.533. The molecule has 2 rings (SSSR count). The molecule has 1 aliphatic carbocycles. The van der Waals surface area contributed by atoms with Gasteiger partial charge in [0.05, 0.1) is 0 Å². The van der Waals surface area contributed by atoms with E-state index in [1.807, 2.05) is 0 Å². The minimum Gasteiger partial charge on any atom is -0.399 e. The Morgan fingerprint density at radius 1 is 1.37 bits per heavy atom. The van der Waals surface area contributed by atoms with Crippen LogP contribution in [-0.4, -0.2) is 11.9 Å². The molecule has 1 saturated carbocycles. The number of carbonyl (C=O) groups excluding carboxylic acids is 1. The van der Waals surface area contributed by atoms with Crippen molar-refractivity contribution in [3.8, 4) is 0 Å². The molecule has 104 valence electrons. The Kier molecular flexibility index (Phi) is 4.04. The Labute approximate surface area is 119 Å². The molecule has 1 fully saturated rings. The first kappa shape index (κ1) is 14.2. The standard InChI is InChI=1S/C15H21ClN2O/c1-15(2)6-4-3-5-13(15)18-14(19)10-7-11(16)9-12(17)8-10/h7-9,13H,3-6,17H2,1-2H3,(H,18,19). The van der Waals surface area contributed by atoms with Gasteiger partial charge in [-0.2, -0.15) is 0 Å². The fourth-order valence-electron chi connectivity index (χ4n) is 2.75. The molecule has 0 saturated heterocycles. The number of halogens is 1. The van der Waals surface area contributed by atoms with Crippen molar-refractivity contribution in [1.29, 1.82) is 0 Å². The van der Waals surface area contributed by atoms with E-state index in [0.29, 0.717) is 16.3 Å². The molecule has 1 aliphatic rings.